The smallest absolute Gasteiger partial charge is 0.240 e. The van der Waals surface area contributed by atoms with E-state index in [-0.39, 0.29) is 30.0 Å². The van der Waals surface area contributed by atoms with Crippen molar-refractivity contribution in [3.8, 4) is 0 Å². The summed E-state index contributed by atoms with van der Waals surface area (Å²) < 4.78 is 22.9. The number of nitrogens with zero attached hydrogens (tertiary/aromatic N) is 2. The fourth-order valence-electron chi connectivity index (χ4n) is 2.37. The average molecular weight is 296 g/mol. The second-order valence-corrected chi connectivity index (χ2v) is 7.49. The van der Waals surface area contributed by atoms with Crippen molar-refractivity contribution in [1.29, 1.82) is 0 Å². The van der Waals surface area contributed by atoms with E-state index in [9.17, 15) is 13.2 Å². The number of rotatable bonds is 4. The van der Waals surface area contributed by atoms with Crippen LogP contribution >= 0.6 is 0 Å². The molecule has 1 fully saturated rings. The summed E-state index contributed by atoms with van der Waals surface area (Å²) in [6.07, 6.45) is 0.612. The van der Waals surface area contributed by atoms with E-state index in [1.54, 1.807) is 11.9 Å². The number of sulfone groups is 1. The highest BCUT2D eigenvalue weighted by atomic mass is 32.2. The quantitative estimate of drug-likeness (QED) is 0.823. The Hall–Kier alpha value is -1.40. The van der Waals surface area contributed by atoms with E-state index in [1.807, 2.05) is 42.3 Å². The third kappa shape index (κ3) is 3.58. The first-order chi connectivity index (χ1) is 9.39. The third-order valence-corrected chi connectivity index (χ3v) is 5.48. The number of para-hydroxylation sites is 1. The van der Waals surface area contributed by atoms with E-state index in [4.69, 9.17) is 0 Å². The SMILES string of the molecule is CN(C(=O)CN(C)C1CCS(=O)(=O)C1)c1ccccc1. The highest BCUT2D eigenvalue weighted by Gasteiger charge is 2.31. The fraction of sp³-hybridized carbons (Fsp3) is 0.500. The highest BCUT2D eigenvalue weighted by Crippen LogP contribution is 2.17. The Morgan fingerprint density at radius 2 is 1.90 bits per heavy atom. The van der Waals surface area contributed by atoms with E-state index in [1.165, 1.54) is 0 Å². The molecule has 1 amide bonds. The van der Waals surface area contributed by atoms with Crippen molar-refractivity contribution in [2.75, 3.05) is 37.0 Å². The van der Waals surface area contributed by atoms with Crippen LogP contribution in [0.25, 0.3) is 0 Å². The van der Waals surface area contributed by atoms with Crippen LogP contribution in [0.1, 0.15) is 6.42 Å². The lowest BCUT2D eigenvalue weighted by Crippen LogP contribution is -2.42. The number of carbonyl (C=O) groups is 1. The van der Waals surface area contributed by atoms with Gasteiger partial charge in [-0.2, -0.15) is 0 Å². The molecule has 2 rings (SSSR count). The molecule has 0 saturated carbocycles. The molecule has 1 aromatic carbocycles. The first kappa shape index (κ1) is 15.0. The number of amides is 1. The summed E-state index contributed by atoms with van der Waals surface area (Å²) in [7, 11) is 0.626. The molecule has 1 aliphatic rings. The van der Waals surface area contributed by atoms with Gasteiger partial charge in [0, 0.05) is 18.8 Å². The molecule has 1 heterocycles. The van der Waals surface area contributed by atoms with Crippen LogP contribution in [0.3, 0.4) is 0 Å². The molecule has 0 N–H and O–H groups in total. The van der Waals surface area contributed by atoms with Crippen molar-refractivity contribution < 1.29 is 13.2 Å². The maximum absolute atomic E-state index is 12.2. The molecular weight excluding hydrogens is 276 g/mol. The lowest BCUT2D eigenvalue weighted by Gasteiger charge is -2.25. The lowest BCUT2D eigenvalue weighted by molar-refractivity contribution is -0.119. The average Bonchev–Trinajstić information content (AvgIpc) is 2.79. The molecule has 0 bridgehead atoms. The van der Waals surface area contributed by atoms with Gasteiger partial charge in [0.2, 0.25) is 5.91 Å². The van der Waals surface area contributed by atoms with Crippen LogP contribution < -0.4 is 4.90 Å². The van der Waals surface area contributed by atoms with Gasteiger partial charge in [0.25, 0.3) is 0 Å². The molecular formula is C14H20N2O3S. The summed E-state index contributed by atoms with van der Waals surface area (Å²) in [5, 5.41) is 0. The monoisotopic (exact) mass is 296 g/mol. The molecule has 0 aromatic heterocycles. The van der Waals surface area contributed by atoms with Crippen LogP contribution in [0.5, 0.6) is 0 Å². The van der Waals surface area contributed by atoms with Gasteiger partial charge in [0.15, 0.2) is 9.84 Å². The molecule has 0 aliphatic carbocycles. The van der Waals surface area contributed by atoms with E-state index in [2.05, 4.69) is 0 Å². The molecule has 5 nitrogen and oxygen atoms in total. The molecule has 20 heavy (non-hydrogen) atoms. The highest BCUT2D eigenvalue weighted by molar-refractivity contribution is 7.91. The van der Waals surface area contributed by atoms with Crippen molar-refractivity contribution in [1.82, 2.24) is 4.90 Å². The molecule has 1 saturated heterocycles. The second-order valence-electron chi connectivity index (χ2n) is 5.26. The summed E-state index contributed by atoms with van der Waals surface area (Å²) >= 11 is 0. The Morgan fingerprint density at radius 3 is 2.45 bits per heavy atom. The van der Waals surface area contributed by atoms with Crippen LogP contribution in [0.4, 0.5) is 5.69 Å². The van der Waals surface area contributed by atoms with Gasteiger partial charge in [0.1, 0.15) is 0 Å². The number of anilines is 1. The zero-order chi connectivity index (χ0) is 14.8. The Balaban J connectivity index is 1.95. The number of likely N-dealkylation sites (N-methyl/N-ethyl adjacent to an activating group) is 2. The van der Waals surface area contributed by atoms with Gasteiger partial charge in [-0.1, -0.05) is 18.2 Å². The van der Waals surface area contributed by atoms with Gasteiger partial charge >= 0.3 is 0 Å². The summed E-state index contributed by atoms with van der Waals surface area (Å²) in [5.74, 6) is 0.347. The predicted octanol–water partition coefficient (Wildman–Crippen LogP) is 0.768. The van der Waals surface area contributed by atoms with Gasteiger partial charge in [-0.25, -0.2) is 8.42 Å². The molecule has 0 radical (unpaired) electrons. The van der Waals surface area contributed by atoms with Gasteiger partial charge in [-0.15, -0.1) is 0 Å². The normalized spacial score (nSPS) is 21.1. The van der Waals surface area contributed by atoms with Gasteiger partial charge in [-0.05, 0) is 25.6 Å². The minimum atomic E-state index is -2.92. The fourth-order valence-corrected chi connectivity index (χ4v) is 4.17. The largest absolute Gasteiger partial charge is 0.314 e. The number of benzene rings is 1. The Morgan fingerprint density at radius 1 is 1.25 bits per heavy atom. The zero-order valence-corrected chi connectivity index (χ0v) is 12.6. The maximum Gasteiger partial charge on any atom is 0.240 e. The van der Waals surface area contributed by atoms with E-state index in [0.717, 1.165) is 5.69 Å². The lowest BCUT2D eigenvalue weighted by atomic mass is 10.2. The molecule has 1 aliphatic heterocycles. The number of hydrogen-bond donors (Lipinski definition) is 0. The summed E-state index contributed by atoms with van der Waals surface area (Å²) in [6, 6.07) is 9.36. The van der Waals surface area contributed by atoms with Crippen molar-refractivity contribution in [2.24, 2.45) is 0 Å². The van der Waals surface area contributed by atoms with Gasteiger partial charge < -0.3 is 4.90 Å². The predicted molar refractivity (Wildman–Crippen MR) is 79.5 cm³/mol. The number of carbonyl (C=O) groups excluding carboxylic acids is 1. The number of hydrogen-bond acceptors (Lipinski definition) is 4. The van der Waals surface area contributed by atoms with Gasteiger partial charge in [-0.3, -0.25) is 9.69 Å². The van der Waals surface area contributed by atoms with Crippen molar-refractivity contribution in [3.05, 3.63) is 30.3 Å². The minimum absolute atomic E-state index is 0.0389. The second kappa shape index (κ2) is 5.93. The first-order valence-electron chi connectivity index (χ1n) is 6.61. The molecule has 6 heteroatoms. The van der Waals surface area contributed by atoms with Crippen LogP contribution in [0.2, 0.25) is 0 Å². The Bertz CT molecular complexity index is 571. The van der Waals surface area contributed by atoms with Crippen LogP contribution in [0.15, 0.2) is 30.3 Å². The van der Waals surface area contributed by atoms with E-state index in [0.29, 0.717) is 6.42 Å². The van der Waals surface area contributed by atoms with Crippen molar-refractivity contribution >= 4 is 21.4 Å². The molecule has 1 atom stereocenters. The standard InChI is InChI=1S/C14H20N2O3S/c1-15(13-8-9-20(18,19)11-13)10-14(17)16(2)12-6-4-3-5-7-12/h3-7,13H,8-11H2,1-2H3. The van der Waals surface area contributed by atoms with Crippen LogP contribution in [-0.2, 0) is 14.6 Å². The summed E-state index contributed by atoms with van der Waals surface area (Å²) in [5.41, 5.74) is 0.838. The van der Waals surface area contributed by atoms with Crippen molar-refractivity contribution in [3.63, 3.8) is 0 Å². The minimum Gasteiger partial charge on any atom is -0.314 e. The van der Waals surface area contributed by atoms with E-state index >= 15 is 0 Å². The summed E-state index contributed by atoms with van der Waals surface area (Å²) in [4.78, 5) is 15.6. The zero-order valence-electron chi connectivity index (χ0n) is 11.8. The maximum atomic E-state index is 12.2. The van der Waals surface area contributed by atoms with Crippen molar-refractivity contribution in [2.45, 2.75) is 12.5 Å². The molecule has 110 valence electrons. The van der Waals surface area contributed by atoms with Crippen LogP contribution in [-0.4, -0.2) is 57.4 Å². The summed E-state index contributed by atoms with van der Waals surface area (Å²) in [6.45, 7) is 0.228. The van der Waals surface area contributed by atoms with E-state index < -0.39 is 9.84 Å². The Labute approximate surface area is 120 Å². The molecule has 1 unspecified atom stereocenters. The molecule has 0 spiro atoms. The molecule has 1 aromatic rings. The van der Waals surface area contributed by atoms with Crippen LogP contribution in [0, 0.1) is 0 Å². The van der Waals surface area contributed by atoms with Gasteiger partial charge in [0.05, 0.1) is 18.1 Å². The third-order valence-electron chi connectivity index (χ3n) is 3.73. The first-order valence-corrected chi connectivity index (χ1v) is 8.43. The Kier molecular flexibility index (Phi) is 4.45. The topological polar surface area (TPSA) is 57.7 Å².